The number of halogens is 2. The zero-order valence-electron chi connectivity index (χ0n) is 8.94. The van der Waals surface area contributed by atoms with Crippen molar-refractivity contribution >= 4 is 30.8 Å². The van der Waals surface area contributed by atoms with Crippen LogP contribution in [0.3, 0.4) is 0 Å². The van der Waals surface area contributed by atoms with Crippen LogP contribution in [-0.4, -0.2) is 11.0 Å². The number of hydrogen-bond acceptors (Lipinski definition) is 3. The lowest BCUT2D eigenvalue weighted by Gasteiger charge is -2.04. The molecular weight excluding hydrogens is 237 g/mol. The van der Waals surface area contributed by atoms with E-state index in [0.29, 0.717) is 12.2 Å². The van der Waals surface area contributed by atoms with E-state index in [1.807, 2.05) is 19.9 Å². The molecule has 0 atom stereocenters. The normalized spacial score (nSPS) is 8.47. The Morgan fingerprint density at radius 1 is 1.40 bits per heavy atom. The summed E-state index contributed by atoms with van der Waals surface area (Å²) in [4.78, 5) is 15.0. The maximum atomic E-state index is 10.9. The highest BCUT2D eigenvalue weighted by Gasteiger charge is 2.02. The minimum atomic E-state index is -0.231. The highest BCUT2D eigenvalue weighted by Crippen LogP contribution is 2.13. The fraction of sp³-hybridized carbons (Fsp3) is 0.400. The molecular formula is C10H15Cl2NO2. The van der Waals surface area contributed by atoms with Gasteiger partial charge in [0.05, 0.1) is 6.20 Å². The van der Waals surface area contributed by atoms with Gasteiger partial charge in [0.1, 0.15) is 5.75 Å². The predicted molar refractivity (Wildman–Crippen MR) is 64.1 cm³/mol. The lowest BCUT2D eigenvalue weighted by atomic mass is 10.2. The molecule has 1 aromatic heterocycles. The van der Waals surface area contributed by atoms with Crippen LogP contribution in [0.1, 0.15) is 24.6 Å². The second-order valence-electron chi connectivity index (χ2n) is 2.90. The third-order valence-electron chi connectivity index (χ3n) is 1.84. The van der Waals surface area contributed by atoms with Gasteiger partial charge >= 0.3 is 5.97 Å². The average molecular weight is 252 g/mol. The summed E-state index contributed by atoms with van der Waals surface area (Å²) < 4.78 is 5.00. The van der Waals surface area contributed by atoms with E-state index in [2.05, 4.69) is 4.98 Å². The lowest BCUT2D eigenvalue weighted by molar-refractivity contribution is -0.134. The van der Waals surface area contributed by atoms with Crippen molar-refractivity contribution in [3.63, 3.8) is 0 Å². The van der Waals surface area contributed by atoms with Gasteiger partial charge in [0.15, 0.2) is 0 Å². The molecule has 0 aliphatic rings. The Labute approximate surface area is 102 Å². The van der Waals surface area contributed by atoms with E-state index in [1.54, 1.807) is 13.1 Å². The Bertz CT molecular complexity index is 329. The summed E-state index contributed by atoms with van der Waals surface area (Å²) in [5, 5.41) is 0. The Morgan fingerprint density at radius 2 is 2.00 bits per heavy atom. The Hall–Kier alpha value is -0.800. The van der Waals surface area contributed by atoms with Gasteiger partial charge in [0, 0.05) is 12.1 Å². The van der Waals surface area contributed by atoms with E-state index in [1.165, 1.54) is 0 Å². The standard InChI is InChI=1S/C10H13NO2.2ClH/c1-4-10(12)13-9-5-7(2)8(3)11-6-9;;/h5-6H,4H2,1-3H3;2*1H. The minimum absolute atomic E-state index is 0. The van der Waals surface area contributed by atoms with Crippen molar-refractivity contribution in [1.29, 1.82) is 0 Å². The van der Waals surface area contributed by atoms with E-state index in [9.17, 15) is 4.79 Å². The van der Waals surface area contributed by atoms with Crippen LogP contribution in [0.2, 0.25) is 0 Å². The van der Waals surface area contributed by atoms with Crippen molar-refractivity contribution in [1.82, 2.24) is 4.98 Å². The highest BCUT2D eigenvalue weighted by molar-refractivity contribution is 5.85. The van der Waals surface area contributed by atoms with Crippen LogP contribution < -0.4 is 4.74 Å². The van der Waals surface area contributed by atoms with Crippen molar-refractivity contribution in [2.24, 2.45) is 0 Å². The van der Waals surface area contributed by atoms with E-state index in [4.69, 9.17) is 4.74 Å². The molecule has 0 fully saturated rings. The van der Waals surface area contributed by atoms with Gasteiger partial charge in [-0.25, -0.2) is 0 Å². The first kappa shape index (κ1) is 16.6. The summed E-state index contributed by atoms with van der Waals surface area (Å²) >= 11 is 0. The summed E-state index contributed by atoms with van der Waals surface area (Å²) in [6.45, 7) is 5.61. The Morgan fingerprint density at radius 3 is 2.47 bits per heavy atom. The summed E-state index contributed by atoms with van der Waals surface area (Å²) in [6, 6.07) is 1.82. The monoisotopic (exact) mass is 251 g/mol. The molecule has 0 aromatic carbocycles. The number of ether oxygens (including phenoxy) is 1. The van der Waals surface area contributed by atoms with Crippen molar-refractivity contribution in [2.45, 2.75) is 27.2 Å². The largest absolute Gasteiger partial charge is 0.425 e. The van der Waals surface area contributed by atoms with Crippen LogP contribution in [-0.2, 0) is 4.79 Å². The van der Waals surface area contributed by atoms with Gasteiger partial charge in [-0.3, -0.25) is 9.78 Å². The molecule has 86 valence electrons. The van der Waals surface area contributed by atoms with Gasteiger partial charge in [-0.05, 0) is 25.5 Å². The maximum absolute atomic E-state index is 10.9. The molecule has 1 aromatic rings. The topological polar surface area (TPSA) is 39.2 Å². The van der Waals surface area contributed by atoms with E-state index in [-0.39, 0.29) is 30.8 Å². The predicted octanol–water partition coefficient (Wildman–Crippen LogP) is 2.86. The summed E-state index contributed by atoms with van der Waals surface area (Å²) in [6.07, 6.45) is 1.95. The van der Waals surface area contributed by atoms with Crippen LogP contribution in [0.4, 0.5) is 0 Å². The number of aryl methyl sites for hydroxylation is 2. The molecule has 15 heavy (non-hydrogen) atoms. The van der Waals surface area contributed by atoms with Crippen molar-refractivity contribution in [3.8, 4) is 5.75 Å². The number of pyridine rings is 1. The summed E-state index contributed by atoms with van der Waals surface area (Å²) in [5.74, 6) is 0.292. The maximum Gasteiger partial charge on any atom is 0.310 e. The molecule has 1 heterocycles. The number of carbonyl (C=O) groups is 1. The average Bonchev–Trinajstić information content (AvgIpc) is 2.11. The minimum Gasteiger partial charge on any atom is -0.425 e. The molecule has 0 aliphatic carbocycles. The molecule has 0 bridgehead atoms. The third-order valence-corrected chi connectivity index (χ3v) is 1.84. The number of hydrogen-bond donors (Lipinski definition) is 0. The number of esters is 1. The zero-order chi connectivity index (χ0) is 9.84. The molecule has 0 unspecified atom stereocenters. The first-order valence-corrected chi connectivity index (χ1v) is 4.27. The first-order valence-electron chi connectivity index (χ1n) is 4.27. The van der Waals surface area contributed by atoms with Crippen LogP contribution in [0, 0.1) is 13.8 Å². The molecule has 0 spiro atoms. The zero-order valence-corrected chi connectivity index (χ0v) is 10.6. The number of aromatic nitrogens is 1. The lowest BCUT2D eigenvalue weighted by Crippen LogP contribution is -2.06. The van der Waals surface area contributed by atoms with Gasteiger partial charge in [-0.15, -0.1) is 24.8 Å². The molecule has 0 amide bonds. The molecule has 1 rings (SSSR count). The smallest absolute Gasteiger partial charge is 0.310 e. The summed E-state index contributed by atoms with van der Waals surface area (Å²) in [7, 11) is 0. The first-order chi connectivity index (χ1) is 6.13. The van der Waals surface area contributed by atoms with Crippen LogP contribution >= 0.6 is 24.8 Å². The molecule has 0 N–H and O–H groups in total. The quantitative estimate of drug-likeness (QED) is 0.760. The Balaban J connectivity index is 0. The van der Waals surface area contributed by atoms with Gasteiger partial charge < -0.3 is 4.74 Å². The highest BCUT2D eigenvalue weighted by atomic mass is 35.5. The molecule has 0 saturated heterocycles. The van der Waals surface area contributed by atoms with E-state index < -0.39 is 0 Å². The van der Waals surface area contributed by atoms with Crippen molar-refractivity contribution in [2.75, 3.05) is 0 Å². The molecule has 0 aliphatic heterocycles. The number of carbonyl (C=O) groups excluding carboxylic acids is 1. The van der Waals surface area contributed by atoms with Crippen LogP contribution in [0.15, 0.2) is 12.3 Å². The Kier molecular flexibility index (Phi) is 8.30. The second-order valence-corrected chi connectivity index (χ2v) is 2.90. The molecule has 0 saturated carbocycles. The number of nitrogens with zero attached hydrogens (tertiary/aromatic N) is 1. The van der Waals surface area contributed by atoms with E-state index >= 15 is 0 Å². The fourth-order valence-corrected chi connectivity index (χ4v) is 0.877. The molecule has 0 radical (unpaired) electrons. The van der Waals surface area contributed by atoms with Crippen LogP contribution in [0.5, 0.6) is 5.75 Å². The van der Waals surface area contributed by atoms with Crippen molar-refractivity contribution < 1.29 is 9.53 Å². The second kappa shape index (κ2) is 7.49. The van der Waals surface area contributed by atoms with Gasteiger partial charge in [-0.2, -0.15) is 0 Å². The van der Waals surface area contributed by atoms with Gasteiger partial charge in [-0.1, -0.05) is 6.92 Å². The van der Waals surface area contributed by atoms with Gasteiger partial charge in [0.2, 0.25) is 0 Å². The van der Waals surface area contributed by atoms with Crippen LogP contribution in [0.25, 0.3) is 0 Å². The van der Waals surface area contributed by atoms with E-state index in [0.717, 1.165) is 11.3 Å². The third kappa shape index (κ3) is 5.00. The number of rotatable bonds is 2. The van der Waals surface area contributed by atoms with Gasteiger partial charge in [0.25, 0.3) is 0 Å². The SMILES string of the molecule is CCC(=O)Oc1cnc(C)c(C)c1.Cl.Cl. The van der Waals surface area contributed by atoms with Crippen molar-refractivity contribution in [3.05, 3.63) is 23.5 Å². The fourth-order valence-electron chi connectivity index (χ4n) is 0.877. The summed E-state index contributed by atoms with van der Waals surface area (Å²) in [5.41, 5.74) is 1.98. The molecule has 5 heteroatoms. The molecule has 3 nitrogen and oxygen atoms in total.